The molecule has 0 rings (SSSR count). The van der Waals surface area contributed by atoms with Crippen LogP contribution in [0.2, 0.25) is 0 Å². The highest BCUT2D eigenvalue weighted by atomic mass is 16.5. The van der Waals surface area contributed by atoms with E-state index >= 15 is 0 Å². The first-order chi connectivity index (χ1) is 7.88. The zero-order valence-corrected chi connectivity index (χ0v) is 9.60. The highest BCUT2D eigenvalue weighted by Gasteiger charge is 2.18. The van der Waals surface area contributed by atoms with Crippen LogP contribution in [0.4, 0.5) is 4.79 Å². The molecule has 0 aliphatic rings. The molecule has 0 radical (unpaired) electrons. The summed E-state index contributed by atoms with van der Waals surface area (Å²) in [6.45, 7) is 2.81. The first kappa shape index (κ1) is 15.2. The summed E-state index contributed by atoms with van der Waals surface area (Å²) in [6.07, 6.45) is -1.68. The summed E-state index contributed by atoms with van der Waals surface area (Å²) in [5.41, 5.74) is 0. The molecule has 4 N–H and O–H groups in total. The highest BCUT2D eigenvalue weighted by molar-refractivity contribution is 5.83. The first-order valence-electron chi connectivity index (χ1n) is 5.00. The number of urea groups is 1. The van der Waals surface area contributed by atoms with Gasteiger partial charge in [0.05, 0.1) is 13.2 Å². The van der Waals surface area contributed by atoms with E-state index in [1.165, 1.54) is 6.92 Å². The lowest BCUT2D eigenvalue weighted by atomic mass is 10.3. The molecule has 1 unspecified atom stereocenters. The second-order valence-electron chi connectivity index (χ2n) is 3.18. The molecule has 0 heterocycles. The predicted molar refractivity (Wildman–Crippen MR) is 56.3 cm³/mol. The molecule has 0 aromatic rings. The summed E-state index contributed by atoms with van der Waals surface area (Å²) in [4.78, 5) is 32.5. The Morgan fingerprint density at radius 1 is 1.35 bits per heavy atom. The van der Waals surface area contributed by atoms with E-state index in [0.29, 0.717) is 0 Å². The van der Waals surface area contributed by atoms with Crippen molar-refractivity contribution < 1.29 is 29.3 Å². The minimum atomic E-state index is -1.68. The number of aliphatic hydroxyl groups is 1. The Kier molecular flexibility index (Phi) is 6.64. The predicted octanol–water partition coefficient (Wildman–Crippen LogP) is -1.32. The molecule has 0 fully saturated rings. The topological polar surface area (TPSA) is 125 Å². The average Bonchev–Trinajstić information content (AvgIpc) is 2.25. The molecule has 0 aromatic carbocycles. The molecule has 2 amide bonds. The van der Waals surface area contributed by atoms with Crippen LogP contribution in [-0.4, -0.2) is 53.5 Å². The van der Waals surface area contributed by atoms with E-state index in [1.54, 1.807) is 6.92 Å². The maximum atomic E-state index is 11.2. The Morgan fingerprint density at radius 2 is 1.94 bits per heavy atom. The van der Waals surface area contributed by atoms with Gasteiger partial charge >= 0.3 is 18.0 Å². The van der Waals surface area contributed by atoms with Gasteiger partial charge in [0.1, 0.15) is 6.04 Å². The third-order valence-electron chi connectivity index (χ3n) is 1.73. The van der Waals surface area contributed by atoms with Gasteiger partial charge in [-0.2, -0.15) is 0 Å². The quantitative estimate of drug-likeness (QED) is 0.432. The van der Waals surface area contributed by atoms with Crippen molar-refractivity contribution in [3.8, 4) is 0 Å². The first-order valence-corrected chi connectivity index (χ1v) is 5.00. The number of rotatable bonds is 6. The average molecular weight is 248 g/mol. The van der Waals surface area contributed by atoms with Gasteiger partial charge < -0.3 is 25.6 Å². The van der Waals surface area contributed by atoms with E-state index in [9.17, 15) is 14.4 Å². The molecule has 0 bridgehead atoms. The van der Waals surface area contributed by atoms with Gasteiger partial charge in [-0.25, -0.2) is 14.4 Å². The van der Waals surface area contributed by atoms with E-state index in [4.69, 9.17) is 10.2 Å². The summed E-state index contributed by atoms with van der Waals surface area (Å²) < 4.78 is 4.64. The van der Waals surface area contributed by atoms with Crippen molar-refractivity contribution in [3.63, 3.8) is 0 Å². The van der Waals surface area contributed by atoms with Crippen molar-refractivity contribution >= 4 is 18.0 Å². The minimum absolute atomic E-state index is 0.199. The molecular formula is C9H16N2O6. The van der Waals surface area contributed by atoms with E-state index in [-0.39, 0.29) is 6.61 Å². The molecule has 98 valence electrons. The van der Waals surface area contributed by atoms with Gasteiger partial charge in [-0.3, -0.25) is 0 Å². The van der Waals surface area contributed by atoms with Crippen molar-refractivity contribution in [2.24, 2.45) is 0 Å². The van der Waals surface area contributed by atoms with Crippen LogP contribution in [0.5, 0.6) is 0 Å². The lowest BCUT2D eigenvalue weighted by molar-refractivity contribution is -0.146. The van der Waals surface area contributed by atoms with Crippen LogP contribution in [0.15, 0.2) is 0 Å². The van der Waals surface area contributed by atoms with Gasteiger partial charge in [0.15, 0.2) is 6.10 Å². The maximum absolute atomic E-state index is 11.2. The normalized spacial score (nSPS) is 13.4. The summed E-state index contributed by atoms with van der Waals surface area (Å²) in [5, 5.41) is 21.5. The van der Waals surface area contributed by atoms with E-state index in [0.717, 1.165) is 0 Å². The number of aliphatic carboxylic acids is 1. The largest absolute Gasteiger partial charge is 0.479 e. The van der Waals surface area contributed by atoms with Crippen LogP contribution in [-0.2, 0) is 14.3 Å². The molecule has 0 aliphatic carbocycles. The number of carboxylic acid groups (broad SMARTS) is 1. The number of carbonyl (C=O) groups is 3. The Labute approximate surface area is 97.9 Å². The summed E-state index contributed by atoms with van der Waals surface area (Å²) in [6, 6.07) is -1.61. The number of nitrogens with one attached hydrogen (secondary N) is 2. The second-order valence-corrected chi connectivity index (χ2v) is 3.18. The van der Waals surface area contributed by atoms with Crippen molar-refractivity contribution in [2.45, 2.75) is 26.0 Å². The third kappa shape index (κ3) is 6.36. The van der Waals surface area contributed by atoms with Crippen LogP contribution in [0.3, 0.4) is 0 Å². The fourth-order valence-corrected chi connectivity index (χ4v) is 0.851. The molecule has 2 atom stereocenters. The number of hydrogen-bond acceptors (Lipinski definition) is 5. The minimum Gasteiger partial charge on any atom is -0.479 e. The van der Waals surface area contributed by atoms with Gasteiger partial charge in [-0.15, -0.1) is 0 Å². The van der Waals surface area contributed by atoms with Crippen molar-refractivity contribution in [1.82, 2.24) is 10.6 Å². The standard InChI is InChI=1S/C9H16N2O6/c1-3-17-8(15)5(2)11-9(16)10-4-6(12)7(13)14/h5-6,12H,3-4H2,1-2H3,(H,13,14)(H2,10,11,16)/t5?,6-/m0/s1. The number of ether oxygens (including phenoxy) is 1. The Hall–Kier alpha value is -1.83. The second kappa shape index (κ2) is 7.44. The van der Waals surface area contributed by atoms with Crippen LogP contribution in [0.1, 0.15) is 13.8 Å². The Balaban J connectivity index is 3.93. The van der Waals surface area contributed by atoms with Crippen LogP contribution >= 0.6 is 0 Å². The van der Waals surface area contributed by atoms with Crippen molar-refractivity contribution in [3.05, 3.63) is 0 Å². The van der Waals surface area contributed by atoms with E-state index < -0.39 is 36.7 Å². The van der Waals surface area contributed by atoms with Crippen LogP contribution in [0.25, 0.3) is 0 Å². The van der Waals surface area contributed by atoms with Crippen molar-refractivity contribution in [2.75, 3.05) is 13.2 Å². The highest BCUT2D eigenvalue weighted by Crippen LogP contribution is 1.88. The smallest absolute Gasteiger partial charge is 0.334 e. The molecule has 0 saturated heterocycles. The van der Waals surface area contributed by atoms with Gasteiger partial charge in [0, 0.05) is 0 Å². The van der Waals surface area contributed by atoms with Gasteiger partial charge in [-0.1, -0.05) is 0 Å². The van der Waals surface area contributed by atoms with Crippen LogP contribution < -0.4 is 10.6 Å². The number of hydrogen-bond donors (Lipinski definition) is 4. The fourth-order valence-electron chi connectivity index (χ4n) is 0.851. The maximum Gasteiger partial charge on any atom is 0.334 e. The molecule has 17 heavy (non-hydrogen) atoms. The number of amides is 2. The number of esters is 1. The number of carboxylic acids is 1. The zero-order valence-electron chi connectivity index (χ0n) is 9.60. The molecule has 0 aromatic heterocycles. The van der Waals surface area contributed by atoms with Gasteiger partial charge in [0.2, 0.25) is 0 Å². The van der Waals surface area contributed by atoms with Gasteiger partial charge in [-0.05, 0) is 13.8 Å². The SMILES string of the molecule is CCOC(=O)C(C)NC(=O)NC[C@H](O)C(=O)O. The Morgan fingerprint density at radius 3 is 2.41 bits per heavy atom. The van der Waals surface area contributed by atoms with Gasteiger partial charge in [0.25, 0.3) is 0 Å². The van der Waals surface area contributed by atoms with Crippen LogP contribution in [0, 0.1) is 0 Å². The molecule has 8 heteroatoms. The molecule has 0 aliphatic heterocycles. The Bertz CT molecular complexity index is 293. The third-order valence-corrected chi connectivity index (χ3v) is 1.73. The fraction of sp³-hybridized carbons (Fsp3) is 0.667. The van der Waals surface area contributed by atoms with Crippen molar-refractivity contribution in [1.29, 1.82) is 0 Å². The lowest BCUT2D eigenvalue weighted by Gasteiger charge is -2.14. The van der Waals surface area contributed by atoms with E-state index in [2.05, 4.69) is 15.4 Å². The summed E-state index contributed by atoms with van der Waals surface area (Å²) in [7, 11) is 0. The number of carbonyl (C=O) groups excluding carboxylic acids is 2. The van der Waals surface area contributed by atoms with E-state index in [1.807, 2.05) is 0 Å². The monoisotopic (exact) mass is 248 g/mol. The molecule has 0 spiro atoms. The molecule has 0 saturated carbocycles. The summed E-state index contributed by atoms with van der Waals surface area (Å²) >= 11 is 0. The molecular weight excluding hydrogens is 232 g/mol. The number of aliphatic hydroxyl groups excluding tert-OH is 1. The molecule has 8 nitrogen and oxygen atoms in total. The zero-order chi connectivity index (χ0) is 13.4. The lowest BCUT2D eigenvalue weighted by Crippen LogP contribution is -2.47. The summed E-state index contributed by atoms with van der Waals surface area (Å²) in [5.74, 6) is -2.04.